The molecule has 0 aliphatic heterocycles. The number of phenols is 2. The zero-order valence-corrected chi connectivity index (χ0v) is 6.56. The number of aliphatic carboxylic acids is 1. The van der Waals surface area contributed by atoms with Crippen LogP contribution in [0.3, 0.4) is 0 Å². The number of carboxylic acids is 1. The minimum absolute atomic E-state index is 0.0198. The molecule has 5 heteroatoms. The number of rotatable bonds is 4. The zero-order valence-electron chi connectivity index (χ0n) is 8.56. The molecule has 0 bridgehead atoms. The average molecular weight is 185 g/mol. The van der Waals surface area contributed by atoms with E-state index in [0.717, 1.165) is 0 Å². The number of nitrogens with two attached hydrogens (primary N) is 1. The molecule has 13 heavy (non-hydrogen) atoms. The first-order valence-electron chi connectivity index (χ1n) is 4.30. The van der Waals surface area contributed by atoms with Gasteiger partial charge >= 0.3 is 5.97 Å². The summed E-state index contributed by atoms with van der Waals surface area (Å²) in [5.74, 6) is -1.23. The van der Waals surface area contributed by atoms with E-state index in [1.807, 2.05) is 0 Å². The van der Waals surface area contributed by atoms with Crippen LogP contribution in [0.15, 0.2) is 18.2 Å². The van der Waals surface area contributed by atoms with Crippen LogP contribution >= 0.6 is 0 Å². The predicted octanol–water partition coefficient (Wildman–Crippen LogP) is 0.182. The molecule has 5 N–H and O–H groups in total. The molecule has 0 aliphatic rings. The van der Waals surface area contributed by atoms with Crippen molar-refractivity contribution in [1.29, 1.82) is 2.86 Å². The predicted molar refractivity (Wildman–Crippen MR) is 44.3 cm³/mol. The van der Waals surface area contributed by atoms with Crippen LogP contribution in [0.25, 0.3) is 0 Å². The molecule has 70 valence electrons. The van der Waals surface area contributed by atoms with Crippen molar-refractivity contribution in [1.82, 2.24) is 0 Å². The topological polar surface area (TPSA) is 104 Å². The highest BCUT2D eigenvalue weighted by molar-refractivity contribution is 5.75. The van der Waals surface area contributed by atoms with E-state index in [2.05, 4.69) is 10.2 Å². The van der Waals surface area contributed by atoms with Crippen molar-refractivity contribution in [3.63, 3.8) is 0 Å². The molecule has 0 amide bonds. The fraction of sp³-hybridized carbons (Fsp3) is 0.125. The van der Waals surface area contributed by atoms with Gasteiger partial charge in [-0.25, -0.2) is 0 Å². The standard InChI is InChI=1S/C8H9NO4/c9-7(8(12)13)4-1-2-5(10)6(11)3-4/h1-3,7,10-11H,9H2,(H,12,13)/i/hD2. The zero-order chi connectivity index (χ0) is 11.4. The van der Waals surface area contributed by atoms with Crippen LogP contribution in [0, 0.1) is 0 Å². The summed E-state index contributed by atoms with van der Waals surface area (Å²) in [6, 6.07) is 2.76. The first kappa shape index (κ1) is 6.73. The summed E-state index contributed by atoms with van der Waals surface area (Å²) in [5, 5.41) is 17.0. The van der Waals surface area contributed by atoms with E-state index in [0.29, 0.717) is 0 Å². The fourth-order valence-corrected chi connectivity index (χ4v) is 0.861. The maximum absolute atomic E-state index is 10.6. The minimum atomic E-state index is -1.20. The molecular weight excluding hydrogens is 174 g/mol. The Balaban J connectivity index is 3.07. The monoisotopic (exact) mass is 185 g/mol. The molecule has 1 rings (SSSR count). The first-order chi connectivity index (χ1) is 7.10. The van der Waals surface area contributed by atoms with Crippen LogP contribution in [0.1, 0.15) is 11.6 Å². The second-order valence-corrected chi connectivity index (χ2v) is 2.52. The van der Waals surface area contributed by atoms with Gasteiger partial charge < -0.3 is 21.1 Å². The van der Waals surface area contributed by atoms with Crippen LogP contribution < -0.4 is 5.73 Å². The van der Waals surface area contributed by atoms with Crippen molar-refractivity contribution in [2.24, 2.45) is 5.73 Å². The van der Waals surface area contributed by atoms with E-state index in [1.165, 1.54) is 18.2 Å². The first-order valence-corrected chi connectivity index (χ1v) is 3.48. The number of hydrogen-bond acceptors (Lipinski definition) is 4. The lowest BCUT2D eigenvalue weighted by Gasteiger charge is -2.07. The summed E-state index contributed by atoms with van der Waals surface area (Å²) >= 11 is 0. The molecule has 0 saturated carbocycles. The van der Waals surface area contributed by atoms with E-state index >= 15 is 0 Å². The number of carboxylic acid groups (broad SMARTS) is 1. The number of phenolic OH excluding ortho intramolecular Hbond substituents is 2. The van der Waals surface area contributed by atoms with Crippen molar-refractivity contribution < 1.29 is 20.1 Å². The molecule has 0 heterocycles. The molecule has 0 saturated heterocycles. The van der Waals surface area contributed by atoms with Gasteiger partial charge in [0.05, 0.1) is 0 Å². The average Bonchev–Trinajstić information content (AvgIpc) is 2.26. The van der Waals surface area contributed by atoms with Crippen molar-refractivity contribution in [3.05, 3.63) is 23.8 Å². The summed E-state index contributed by atoms with van der Waals surface area (Å²) in [7, 11) is 0. The maximum Gasteiger partial charge on any atom is 0.325 e. The third-order valence-corrected chi connectivity index (χ3v) is 1.59. The second-order valence-electron chi connectivity index (χ2n) is 2.52. The molecular formula is C8H9NO4. The molecule has 0 fully saturated rings. The Morgan fingerprint density at radius 1 is 1.46 bits per heavy atom. The van der Waals surface area contributed by atoms with Gasteiger partial charge in [-0.15, -0.1) is 0 Å². The summed E-state index contributed by atoms with van der Waals surface area (Å²) in [4.78, 5) is 10.6. The highest BCUT2D eigenvalue weighted by Gasteiger charge is 2.15. The minimum Gasteiger partial charge on any atom is -0.504 e. The van der Waals surface area contributed by atoms with Gasteiger partial charge in [-0.05, 0) is 17.7 Å². The lowest BCUT2D eigenvalue weighted by atomic mass is 10.1. The van der Waals surface area contributed by atoms with Crippen LogP contribution in [0.5, 0.6) is 11.5 Å². The smallest absolute Gasteiger partial charge is 0.325 e. The van der Waals surface area contributed by atoms with E-state index in [9.17, 15) is 4.79 Å². The molecule has 0 spiro atoms. The molecule has 1 unspecified atom stereocenters. The summed E-state index contributed by atoms with van der Waals surface area (Å²) in [6.07, 6.45) is 0. The van der Waals surface area contributed by atoms with E-state index < -0.39 is 12.0 Å². The van der Waals surface area contributed by atoms with Crippen LogP contribution in [-0.4, -0.2) is 24.2 Å². The van der Waals surface area contributed by atoms with E-state index in [-0.39, 0.29) is 17.1 Å². The number of benzene rings is 1. The molecule has 1 atom stereocenters. The third kappa shape index (κ3) is 1.88. The van der Waals surface area contributed by atoms with Gasteiger partial charge in [0.1, 0.15) is 6.04 Å². The van der Waals surface area contributed by atoms with Crippen LogP contribution in [0.4, 0.5) is 0 Å². The molecule has 1 aromatic rings. The van der Waals surface area contributed by atoms with Crippen molar-refractivity contribution in [2.45, 2.75) is 6.04 Å². The van der Waals surface area contributed by atoms with Gasteiger partial charge in [-0.2, -0.15) is 0 Å². The Morgan fingerprint density at radius 2 is 2.15 bits per heavy atom. The molecule has 5 nitrogen and oxygen atoms in total. The largest absolute Gasteiger partial charge is 0.504 e. The highest BCUT2D eigenvalue weighted by Crippen LogP contribution is 2.26. The summed E-state index contributed by atoms with van der Waals surface area (Å²) in [6.45, 7) is 0. The molecule has 0 radical (unpaired) electrons. The van der Waals surface area contributed by atoms with Crippen LogP contribution in [-0.2, 0) is 4.79 Å². The van der Waals surface area contributed by atoms with Gasteiger partial charge in [-0.3, -0.25) is 4.79 Å². The Morgan fingerprint density at radius 3 is 2.69 bits per heavy atom. The van der Waals surface area contributed by atoms with Gasteiger partial charge in [0.25, 0.3) is 2.86 Å². The molecule has 0 aliphatic carbocycles. The fourth-order valence-electron chi connectivity index (χ4n) is 0.861. The van der Waals surface area contributed by atoms with E-state index in [1.54, 1.807) is 0 Å². The Bertz CT molecular complexity index is 372. The van der Waals surface area contributed by atoms with E-state index in [4.69, 9.17) is 13.7 Å². The summed E-state index contributed by atoms with van der Waals surface area (Å²) in [5.41, 5.74) is 5.62. The molecule has 1 aromatic carbocycles. The van der Waals surface area contributed by atoms with Gasteiger partial charge in [0.15, 0.2) is 11.5 Å². The number of hydrogen-bond donors (Lipinski definition) is 4. The SMILES string of the molecule is [2H]Oc1ccc(C(N)C(=O)O)cc1O[2H]. The Labute approximate surface area is 77.0 Å². The maximum atomic E-state index is 10.6. The van der Waals surface area contributed by atoms with Crippen molar-refractivity contribution in [2.75, 3.05) is 0 Å². The van der Waals surface area contributed by atoms with Gasteiger partial charge in [0, 0.05) is 0 Å². The lowest BCUT2D eigenvalue weighted by molar-refractivity contribution is -0.138. The van der Waals surface area contributed by atoms with Gasteiger partial charge in [-0.1, -0.05) is 6.07 Å². The summed E-state index contributed by atoms with van der Waals surface area (Å²) < 4.78 is 13.3. The van der Waals surface area contributed by atoms with Gasteiger partial charge in [0.2, 0.25) is 0 Å². The lowest BCUT2D eigenvalue weighted by Crippen LogP contribution is -2.20. The number of carbonyl (C=O) groups is 1. The second kappa shape index (κ2) is 3.32. The van der Waals surface area contributed by atoms with Crippen LogP contribution in [0.2, 0.25) is 0 Å². The van der Waals surface area contributed by atoms with Crippen molar-refractivity contribution >= 4 is 5.97 Å². The highest BCUT2D eigenvalue weighted by atomic mass is 16.4. The van der Waals surface area contributed by atoms with Crippen molar-refractivity contribution in [3.8, 4) is 11.5 Å². The Kier molecular flexibility index (Phi) is 1.72. The quantitative estimate of drug-likeness (QED) is 0.501. The molecule has 0 aromatic heterocycles. The third-order valence-electron chi connectivity index (χ3n) is 1.59. The normalized spacial score (nSPS) is 13.9. The number of aromatic hydroxyl groups is 2. The Hall–Kier alpha value is -1.75.